The minimum absolute atomic E-state index is 0.602. The Kier molecular flexibility index (Phi) is 14.1. The fraction of sp³-hybridized carbons (Fsp3) is 0.500. The molecule has 0 bridgehead atoms. The van der Waals surface area contributed by atoms with Crippen molar-refractivity contribution in [1.82, 2.24) is 18.9 Å². The van der Waals surface area contributed by atoms with Crippen molar-refractivity contribution >= 4 is 77.3 Å². The summed E-state index contributed by atoms with van der Waals surface area (Å²) in [5.41, 5.74) is 0. The molecular formula is C24H32N4O4S4Se2. The van der Waals surface area contributed by atoms with Gasteiger partial charge in [0.05, 0.1) is 0 Å². The van der Waals surface area contributed by atoms with Gasteiger partial charge in [-0.15, -0.1) is 0 Å². The third-order valence-electron chi connectivity index (χ3n) is 5.48. The number of thiazole rings is 2. The Bertz CT molecular complexity index is 1100. The molecule has 0 amide bonds. The van der Waals surface area contributed by atoms with Crippen molar-refractivity contribution in [1.29, 1.82) is 0 Å². The Morgan fingerprint density at radius 3 is 1.32 bits per heavy atom. The molecule has 2 aromatic rings. The van der Waals surface area contributed by atoms with Crippen LogP contribution >= 0.6 is 46.2 Å². The van der Waals surface area contributed by atoms with E-state index in [1.807, 2.05) is 0 Å². The summed E-state index contributed by atoms with van der Waals surface area (Å²) in [7, 11) is 0. The van der Waals surface area contributed by atoms with Crippen molar-refractivity contribution in [2.75, 3.05) is 65.9 Å². The van der Waals surface area contributed by atoms with E-state index in [4.69, 9.17) is 18.9 Å². The first-order valence-electron chi connectivity index (χ1n) is 12.3. The number of rotatable bonds is 18. The molecule has 0 saturated heterocycles. The van der Waals surface area contributed by atoms with Crippen LogP contribution in [0, 0.1) is 7.01 Å². The molecule has 2 aromatic heterocycles. The van der Waals surface area contributed by atoms with Crippen LogP contribution in [0.5, 0.6) is 0 Å². The number of aromatic nitrogens is 2. The van der Waals surface area contributed by atoms with E-state index in [1.165, 1.54) is 17.1 Å². The van der Waals surface area contributed by atoms with Crippen LogP contribution in [0.3, 0.4) is 0 Å². The van der Waals surface area contributed by atoms with Crippen LogP contribution in [-0.4, -0.2) is 116 Å². The van der Waals surface area contributed by atoms with E-state index >= 15 is 0 Å². The van der Waals surface area contributed by atoms with Gasteiger partial charge in [0.2, 0.25) is 0 Å². The summed E-state index contributed by atoms with van der Waals surface area (Å²) < 4.78 is 29.7. The number of thioether (sulfide) groups is 2. The van der Waals surface area contributed by atoms with Gasteiger partial charge in [-0.1, -0.05) is 23.5 Å². The zero-order chi connectivity index (χ0) is 26.4. The zero-order valence-corrected chi connectivity index (χ0v) is 27.7. The second kappa shape index (κ2) is 17.5. The fourth-order valence-corrected chi connectivity index (χ4v) is 8.05. The summed E-state index contributed by atoms with van der Waals surface area (Å²) in [6.45, 7) is 8.43. The first-order valence-corrected chi connectivity index (χ1v) is 17.5. The molecule has 2 aliphatic heterocycles. The molecule has 14 heteroatoms. The Morgan fingerprint density at radius 2 is 0.947 bits per heavy atom. The second-order valence-electron chi connectivity index (χ2n) is 7.98. The molecule has 0 spiro atoms. The quantitative estimate of drug-likeness (QED) is 0.170. The Morgan fingerprint density at radius 1 is 0.553 bits per heavy atom. The van der Waals surface area contributed by atoms with Crippen molar-refractivity contribution in [2.45, 2.75) is 13.1 Å². The number of nitrogens with zero attached hydrogens (tertiary/aromatic N) is 4. The first-order chi connectivity index (χ1) is 18.7. The molecule has 0 aromatic carbocycles. The van der Waals surface area contributed by atoms with E-state index in [2.05, 4.69) is 96.5 Å². The maximum absolute atomic E-state index is 5.83. The molecule has 208 valence electrons. The Balaban J connectivity index is 1.06. The summed E-state index contributed by atoms with van der Waals surface area (Å²) >= 11 is 13.0. The second-order valence-corrected chi connectivity index (χ2v) is 14.3. The van der Waals surface area contributed by atoms with E-state index in [0.29, 0.717) is 52.9 Å². The average Bonchev–Trinajstić information content (AvgIpc) is 3.72. The van der Waals surface area contributed by atoms with Crippen molar-refractivity contribution in [3.63, 3.8) is 0 Å². The molecule has 8 nitrogen and oxygen atoms in total. The minimum atomic E-state index is 0.602. The molecule has 0 fully saturated rings. The van der Waals surface area contributed by atoms with Crippen LogP contribution in [-0.2, 0) is 32.0 Å². The molecular weight excluding hydrogens is 694 g/mol. The Labute approximate surface area is 256 Å². The standard InChI is InChI=1S/C24H32N4O4S4Se2/c37-23-27(7-19-35-23)3-11-31-15-13-29-9-1-25-5-17-33-21(25)22-26(6-18-34-22)2-10-30-14-16-32-12-4-28-8-20-36-24(28)38/h5-8,17-20H,1-4,9-16H2/b22-21-. The van der Waals surface area contributed by atoms with E-state index in [1.54, 1.807) is 46.2 Å². The van der Waals surface area contributed by atoms with Gasteiger partial charge in [0, 0.05) is 0 Å². The number of hydrogen-bond acceptors (Lipinski definition) is 10. The van der Waals surface area contributed by atoms with E-state index < -0.39 is 0 Å². The van der Waals surface area contributed by atoms with Gasteiger partial charge in [0.1, 0.15) is 0 Å². The van der Waals surface area contributed by atoms with Gasteiger partial charge in [-0.2, -0.15) is 0 Å². The molecule has 0 atom stereocenters. The van der Waals surface area contributed by atoms with Crippen LogP contribution in [0.15, 0.2) is 56.4 Å². The number of hydrogen-bond donors (Lipinski definition) is 0. The molecule has 0 radical (unpaired) electrons. The fourth-order valence-electron chi connectivity index (χ4n) is 3.51. The summed E-state index contributed by atoms with van der Waals surface area (Å²) in [5.74, 6) is 0. The van der Waals surface area contributed by atoms with Gasteiger partial charge >= 0.3 is 223 Å². The van der Waals surface area contributed by atoms with Gasteiger partial charge in [0.25, 0.3) is 0 Å². The van der Waals surface area contributed by atoms with Crippen molar-refractivity contribution in [2.24, 2.45) is 0 Å². The molecule has 0 unspecified atom stereocenters. The number of ether oxygens (including phenoxy) is 4. The van der Waals surface area contributed by atoms with Gasteiger partial charge in [-0.3, -0.25) is 0 Å². The SMILES string of the molecule is [Se]=c1sccn1CCOCCOCCN1C=CS/C1=C1\SC=CN1CCOCCOCCn1ccsc1=[Se]. The summed E-state index contributed by atoms with van der Waals surface area (Å²) in [6, 6.07) is 0. The molecule has 2 aliphatic rings. The van der Waals surface area contributed by atoms with Crippen LogP contribution in [0.4, 0.5) is 0 Å². The summed E-state index contributed by atoms with van der Waals surface area (Å²) in [4.78, 5) is 4.53. The predicted octanol–water partition coefficient (Wildman–Crippen LogP) is 3.75. The third kappa shape index (κ3) is 9.94. The van der Waals surface area contributed by atoms with E-state index in [-0.39, 0.29) is 0 Å². The monoisotopic (exact) mass is 728 g/mol. The van der Waals surface area contributed by atoms with Crippen molar-refractivity contribution in [3.05, 3.63) is 63.4 Å². The normalized spacial score (nSPS) is 16.9. The third-order valence-corrected chi connectivity index (χ3v) is 11.0. The van der Waals surface area contributed by atoms with Gasteiger partial charge in [-0.05, 0) is 10.8 Å². The Hall–Kier alpha value is -0.341. The van der Waals surface area contributed by atoms with Crippen molar-refractivity contribution < 1.29 is 18.9 Å². The van der Waals surface area contributed by atoms with Gasteiger partial charge in [0.15, 0.2) is 0 Å². The zero-order valence-electron chi connectivity index (χ0n) is 21.0. The van der Waals surface area contributed by atoms with E-state index in [9.17, 15) is 0 Å². The van der Waals surface area contributed by atoms with Crippen molar-refractivity contribution in [3.8, 4) is 0 Å². The van der Waals surface area contributed by atoms with Gasteiger partial charge in [-0.25, -0.2) is 0 Å². The van der Waals surface area contributed by atoms with E-state index in [0.717, 1.165) is 26.2 Å². The van der Waals surface area contributed by atoms with Crippen LogP contribution in [0.25, 0.3) is 0 Å². The molecule has 38 heavy (non-hydrogen) atoms. The average molecular weight is 727 g/mol. The van der Waals surface area contributed by atoms with Crippen LogP contribution in [0.1, 0.15) is 0 Å². The van der Waals surface area contributed by atoms with Gasteiger partial charge < -0.3 is 0 Å². The maximum atomic E-state index is 5.83. The van der Waals surface area contributed by atoms with Crippen LogP contribution < -0.4 is 0 Å². The molecule has 4 rings (SSSR count). The van der Waals surface area contributed by atoms with Crippen LogP contribution in [0.2, 0.25) is 0 Å². The summed E-state index contributed by atoms with van der Waals surface area (Å²) in [6.07, 6.45) is 8.40. The molecule has 0 N–H and O–H groups in total. The molecule has 0 saturated carbocycles. The molecule has 4 heterocycles. The molecule has 0 aliphatic carbocycles. The topological polar surface area (TPSA) is 53.3 Å². The predicted molar refractivity (Wildman–Crippen MR) is 160 cm³/mol. The first kappa shape index (κ1) is 30.6. The summed E-state index contributed by atoms with van der Waals surface area (Å²) in [5, 5.41) is 10.9.